The molecular formula is C9H15BrO3. The second kappa shape index (κ2) is 7.06. The first-order chi connectivity index (χ1) is 6.15. The number of rotatable bonds is 6. The van der Waals surface area contributed by atoms with Gasteiger partial charge in [0.15, 0.2) is 11.9 Å². The van der Waals surface area contributed by atoms with E-state index in [4.69, 9.17) is 4.74 Å². The summed E-state index contributed by atoms with van der Waals surface area (Å²) in [4.78, 5) is 22.2. The average molecular weight is 251 g/mol. The third-order valence-corrected chi connectivity index (χ3v) is 2.16. The standard InChI is InChI=1S/C9H15BrO3/c1-3-5-8(7(11)6-10)13-9(12)4-2/h8H,3-6H2,1-2H3. The Hall–Kier alpha value is -0.380. The van der Waals surface area contributed by atoms with Crippen molar-refractivity contribution in [3.8, 4) is 0 Å². The molecule has 0 aliphatic rings. The number of esters is 1. The largest absolute Gasteiger partial charge is 0.454 e. The third kappa shape index (κ3) is 5.03. The van der Waals surface area contributed by atoms with Gasteiger partial charge in [0.1, 0.15) is 0 Å². The van der Waals surface area contributed by atoms with E-state index < -0.39 is 6.10 Å². The van der Waals surface area contributed by atoms with Crippen molar-refractivity contribution in [1.29, 1.82) is 0 Å². The van der Waals surface area contributed by atoms with Crippen molar-refractivity contribution < 1.29 is 14.3 Å². The molecule has 0 rings (SSSR count). The summed E-state index contributed by atoms with van der Waals surface area (Å²) < 4.78 is 4.97. The molecule has 0 heterocycles. The summed E-state index contributed by atoms with van der Waals surface area (Å²) in [7, 11) is 0. The molecule has 0 aliphatic carbocycles. The summed E-state index contributed by atoms with van der Waals surface area (Å²) in [5.41, 5.74) is 0. The molecular weight excluding hydrogens is 236 g/mol. The number of carbonyl (C=O) groups excluding carboxylic acids is 2. The predicted molar refractivity (Wildman–Crippen MR) is 53.9 cm³/mol. The molecule has 0 bridgehead atoms. The highest BCUT2D eigenvalue weighted by molar-refractivity contribution is 9.09. The smallest absolute Gasteiger partial charge is 0.306 e. The summed E-state index contributed by atoms with van der Waals surface area (Å²) in [6.45, 7) is 3.66. The molecule has 0 spiro atoms. The molecule has 1 atom stereocenters. The lowest BCUT2D eigenvalue weighted by Gasteiger charge is -2.14. The molecule has 0 fully saturated rings. The maximum Gasteiger partial charge on any atom is 0.306 e. The second-order valence-electron chi connectivity index (χ2n) is 2.72. The number of halogens is 1. The quantitative estimate of drug-likeness (QED) is 0.536. The lowest BCUT2D eigenvalue weighted by molar-refractivity contribution is -0.154. The van der Waals surface area contributed by atoms with Gasteiger partial charge in [0.2, 0.25) is 0 Å². The second-order valence-corrected chi connectivity index (χ2v) is 3.28. The molecule has 0 aromatic carbocycles. The molecule has 1 unspecified atom stereocenters. The molecule has 0 aromatic heterocycles. The normalized spacial score (nSPS) is 12.2. The van der Waals surface area contributed by atoms with Crippen molar-refractivity contribution in [2.45, 2.75) is 39.2 Å². The van der Waals surface area contributed by atoms with Gasteiger partial charge in [0.25, 0.3) is 0 Å². The van der Waals surface area contributed by atoms with Gasteiger partial charge in [-0.05, 0) is 6.42 Å². The topological polar surface area (TPSA) is 43.4 Å². The minimum atomic E-state index is -0.558. The number of carbonyl (C=O) groups is 2. The lowest BCUT2D eigenvalue weighted by Crippen LogP contribution is -2.27. The summed E-state index contributed by atoms with van der Waals surface area (Å²) in [5.74, 6) is -0.378. The van der Waals surface area contributed by atoms with Gasteiger partial charge < -0.3 is 4.74 Å². The van der Waals surface area contributed by atoms with Gasteiger partial charge in [-0.3, -0.25) is 9.59 Å². The van der Waals surface area contributed by atoms with Crippen LogP contribution in [0.3, 0.4) is 0 Å². The molecule has 0 amide bonds. The van der Waals surface area contributed by atoms with Crippen LogP contribution < -0.4 is 0 Å². The number of hydrogen-bond donors (Lipinski definition) is 0. The zero-order chi connectivity index (χ0) is 10.3. The van der Waals surface area contributed by atoms with Gasteiger partial charge in [-0.1, -0.05) is 36.2 Å². The van der Waals surface area contributed by atoms with E-state index >= 15 is 0 Å². The first kappa shape index (κ1) is 12.6. The number of ether oxygens (including phenoxy) is 1. The first-order valence-electron chi connectivity index (χ1n) is 4.43. The summed E-state index contributed by atoms with van der Waals surface area (Å²) >= 11 is 3.06. The van der Waals surface area contributed by atoms with Crippen LogP contribution in [-0.4, -0.2) is 23.2 Å². The Kier molecular flexibility index (Phi) is 6.86. The Balaban J connectivity index is 4.08. The average Bonchev–Trinajstić information content (AvgIpc) is 2.15. The van der Waals surface area contributed by atoms with E-state index in [0.717, 1.165) is 6.42 Å². The van der Waals surface area contributed by atoms with E-state index in [0.29, 0.717) is 12.8 Å². The monoisotopic (exact) mass is 250 g/mol. The van der Waals surface area contributed by atoms with Crippen LogP contribution in [0.25, 0.3) is 0 Å². The van der Waals surface area contributed by atoms with Crippen molar-refractivity contribution in [3.63, 3.8) is 0 Å². The van der Waals surface area contributed by atoms with Gasteiger partial charge in [-0.2, -0.15) is 0 Å². The van der Waals surface area contributed by atoms with Gasteiger partial charge in [-0.15, -0.1) is 0 Å². The first-order valence-corrected chi connectivity index (χ1v) is 5.56. The molecule has 0 saturated carbocycles. The maximum atomic E-state index is 11.2. The minimum absolute atomic E-state index is 0.0661. The van der Waals surface area contributed by atoms with Gasteiger partial charge in [-0.25, -0.2) is 0 Å². The van der Waals surface area contributed by atoms with Crippen LogP contribution >= 0.6 is 15.9 Å². The Morgan fingerprint density at radius 2 is 2.00 bits per heavy atom. The Morgan fingerprint density at radius 1 is 1.38 bits per heavy atom. The molecule has 0 saturated heterocycles. The van der Waals surface area contributed by atoms with Crippen molar-refractivity contribution in [2.24, 2.45) is 0 Å². The van der Waals surface area contributed by atoms with Crippen molar-refractivity contribution in [3.05, 3.63) is 0 Å². The summed E-state index contributed by atoms with van der Waals surface area (Å²) in [6, 6.07) is 0. The van der Waals surface area contributed by atoms with E-state index in [9.17, 15) is 9.59 Å². The van der Waals surface area contributed by atoms with E-state index in [1.165, 1.54) is 0 Å². The number of alkyl halides is 1. The predicted octanol–water partition coefficient (Wildman–Crippen LogP) is 2.07. The molecule has 3 nitrogen and oxygen atoms in total. The molecule has 0 radical (unpaired) electrons. The van der Waals surface area contributed by atoms with Crippen LogP contribution in [0.5, 0.6) is 0 Å². The van der Waals surface area contributed by atoms with Crippen molar-refractivity contribution in [2.75, 3.05) is 5.33 Å². The highest BCUT2D eigenvalue weighted by Crippen LogP contribution is 2.06. The lowest BCUT2D eigenvalue weighted by atomic mass is 10.1. The van der Waals surface area contributed by atoms with Crippen LogP contribution in [-0.2, 0) is 14.3 Å². The number of Topliss-reactive ketones (excluding diaryl/α,β-unsaturated/α-hetero) is 1. The zero-order valence-corrected chi connectivity index (χ0v) is 9.59. The fraction of sp³-hybridized carbons (Fsp3) is 0.778. The van der Waals surface area contributed by atoms with E-state index in [-0.39, 0.29) is 17.1 Å². The molecule has 4 heteroatoms. The third-order valence-electron chi connectivity index (χ3n) is 1.60. The summed E-state index contributed by atoms with van der Waals surface area (Å²) in [6.07, 6.45) is 1.20. The Bertz CT molecular complexity index is 180. The maximum absolute atomic E-state index is 11.2. The number of ketones is 1. The van der Waals surface area contributed by atoms with Crippen LogP contribution in [0.4, 0.5) is 0 Å². The van der Waals surface area contributed by atoms with Gasteiger partial charge >= 0.3 is 5.97 Å². The number of hydrogen-bond acceptors (Lipinski definition) is 3. The minimum Gasteiger partial charge on any atom is -0.454 e. The van der Waals surface area contributed by atoms with E-state index in [2.05, 4.69) is 15.9 Å². The summed E-state index contributed by atoms with van der Waals surface area (Å²) in [5, 5.41) is 0.245. The molecule has 0 aliphatic heterocycles. The fourth-order valence-corrected chi connectivity index (χ4v) is 1.24. The Morgan fingerprint density at radius 3 is 2.38 bits per heavy atom. The van der Waals surface area contributed by atoms with Crippen LogP contribution in [0.15, 0.2) is 0 Å². The molecule has 0 aromatic rings. The van der Waals surface area contributed by atoms with Gasteiger partial charge in [0, 0.05) is 6.42 Å². The van der Waals surface area contributed by atoms with Crippen molar-refractivity contribution in [1.82, 2.24) is 0 Å². The molecule has 76 valence electrons. The van der Waals surface area contributed by atoms with Crippen molar-refractivity contribution >= 4 is 27.7 Å². The molecule has 13 heavy (non-hydrogen) atoms. The van der Waals surface area contributed by atoms with Crippen LogP contribution in [0, 0.1) is 0 Å². The fourth-order valence-electron chi connectivity index (χ4n) is 0.876. The highest BCUT2D eigenvalue weighted by Gasteiger charge is 2.19. The van der Waals surface area contributed by atoms with E-state index in [1.807, 2.05) is 6.92 Å². The molecule has 0 N–H and O–H groups in total. The van der Waals surface area contributed by atoms with Crippen LogP contribution in [0.1, 0.15) is 33.1 Å². The Labute approximate surface area is 87.0 Å². The van der Waals surface area contributed by atoms with Gasteiger partial charge in [0.05, 0.1) is 5.33 Å². The highest BCUT2D eigenvalue weighted by atomic mass is 79.9. The van der Waals surface area contributed by atoms with Crippen LogP contribution in [0.2, 0.25) is 0 Å². The van der Waals surface area contributed by atoms with E-state index in [1.54, 1.807) is 6.92 Å². The zero-order valence-electron chi connectivity index (χ0n) is 8.01. The SMILES string of the molecule is CCCC(OC(=O)CC)C(=O)CBr.